The van der Waals surface area contributed by atoms with Gasteiger partial charge in [0.2, 0.25) is 0 Å². The lowest BCUT2D eigenvalue weighted by Crippen LogP contribution is -1.88. The summed E-state index contributed by atoms with van der Waals surface area (Å²) in [6, 6.07) is 6.99. The lowest BCUT2D eigenvalue weighted by Gasteiger charge is -1.99. The first kappa shape index (κ1) is 8.74. The molecule has 0 atom stereocenters. The number of hydrogen-bond acceptors (Lipinski definition) is 2. The van der Waals surface area contributed by atoms with Crippen molar-refractivity contribution in [3.8, 4) is 11.3 Å². The second-order valence-corrected chi connectivity index (χ2v) is 2.74. The van der Waals surface area contributed by atoms with Crippen LogP contribution in [-0.4, -0.2) is 10.2 Å². The topological polar surface area (TPSA) is 25.8 Å². The van der Waals surface area contributed by atoms with Gasteiger partial charge in [-0.15, -0.1) is 0 Å². The van der Waals surface area contributed by atoms with E-state index in [1.165, 1.54) is 12.3 Å². The Bertz CT molecular complexity index is 443. The van der Waals surface area contributed by atoms with Crippen molar-refractivity contribution in [1.82, 2.24) is 10.2 Å². The SMILES string of the molecule is Fc1ccc(-c2cccnn2)cc1F. The molecule has 0 saturated heterocycles. The molecule has 0 aliphatic rings. The maximum absolute atomic E-state index is 12.8. The quantitative estimate of drug-likeness (QED) is 0.693. The molecule has 0 bridgehead atoms. The summed E-state index contributed by atoms with van der Waals surface area (Å²) in [5, 5.41) is 7.43. The molecule has 0 N–H and O–H groups in total. The number of hydrogen-bond donors (Lipinski definition) is 0. The lowest BCUT2D eigenvalue weighted by atomic mass is 10.1. The first-order valence-corrected chi connectivity index (χ1v) is 4.00. The van der Waals surface area contributed by atoms with Gasteiger partial charge in [0.25, 0.3) is 0 Å². The molecule has 2 nitrogen and oxygen atoms in total. The smallest absolute Gasteiger partial charge is 0.159 e. The van der Waals surface area contributed by atoms with Gasteiger partial charge >= 0.3 is 0 Å². The van der Waals surface area contributed by atoms with E-state index in [1.54, 1.807) is 12.1 Å². The Morgan fingerprint density at radius 3 is 2.50 bits per heavy atom. The maximum atomic E-state index is 12.8. The zero-order valence-electron chi connectivity index (χ0n) is 7.11. The Labute approximate surface area is 79.2 Å². The Balaban J connectivity index is 2.48. The van der Waals surface area contributed by atoms with Crippen LogP contribution in [0.25, 0.3) is 11.3 Å². The molecule has 0 saturated carbocycles. The van der Waals surface area contributed by atoms with Gasteiger partial charge < -0.3 is 0 Å². The average Bonchev–Trinajstić information content (AvgIpc) is 2.23. The fourth-order valence-electron chi connectivity index (χ4n) is 1.11. The highest BCUT2D eigenvalue weighted by Crippen LogP contribution is 2.18. The van der Waals surface area contributed by atoms with Gasteiger partial charge in [0.05, 0.1) is 5.69 Å². The molecule has 0 aliphatic carbocycles. The van der Waals surface area contributed by atoms with Gasteiger partial charge in [-0.2, -0.15) is 10.2 Å². The lowest BCUT2D eigenvalue weighted by molar-refractivity contribution is 0.509. The molecule has 1 aromatic carbocycles. The van der Waals surface area contributed by atoms with Crippen LogP contribution >= 0.6 is 0 Å². The number of nitrogens with zero attached hydrogens (tertiary/aromatic N) is 2. The van der Waals surface area contributed by atoms with Gasteiger partial charge in [0.1, 0.15) is 0 Å². The molecule has 2 rings (SSSR count). The molecule has 4 heteroatoms. The van der Waals surface area contributed by atoms with Crippen LogP contribution in [0.15, 0.2) is 36.5 Å². The number of halogens is 2. The van der Waals surface area contributed by atoms with Crippen LogP contribution in [0, 0.1) is 11.6 Å². The minimum absolute atomic E-state index is 0.511. The molecule has 0 radical (unpaired) electrons. The predicted octanol–water partition coefficient (Wildman–Crippen LogP) is 2.42. The van der Waals surface area contributed by atoms with Crippen molar-refractivity contribution in [3.63, 3.8) is 0 Å². The normalized spacial score (nSPS) is 10.1. The summed E-state index contributed by atoms with van der Waals surface area (Å²) in [7, 11) is 0. The highest BCUT2D eigenvalue weighted by atomic mass is 19.2. The Morgan fingerprint density at radius 1 is 1.00 bits per heavy atom. The summed E-state index contributed by atoms with van der Waals surface area (Å²) in [4.78, 5) is 0. The molecular weight excluding hydrogens is 186 g/mol. The highest BCUT2D eigenvalue weighted by Gasteiger charge is 2.04. The van der Waals surface area contributed by atoms with E-state index in [4.69, 9.17) is 0 Å². The fourth-order valence-corrected chi connectivity index (χ4v) is 1.11. The second-order valence-electron chi connectivity index (χ2n) is 2.74. The van der Waals surface area contributed by atoms with Gasteiger partial charge in [-0.25, -0.2) is 8.78 Å². The summed E-state index contributed by atoms with van der Waals surface area (Å²) in [5.41, 5.74) is 1.03. The molecule has 0 aliphatic heterocycles. The first-order chi connectivity index (χ1) is 6.77. The largest absolute Gasteiger partial charge is 0.204 e. The second kappa shape index (κ2) is 3.49. The van der Waals surface area contributed by atoms with E-state index in [0.717, 1.165) is 12.1 Å². The van der Waals surface area contributed by atoms with E-state index in [0.29, 0.717) is 11.3 Å². The van der Waals surface area contributed by atoms with Gasteiger partial charge in [-0.05, 0) is 30.3 Å². The predicted molar refractivity (Wildman–Crippen MR) is 47.4 cm³/mol. The Kier molecular flexibility index (Phi) is 2.18. The molecule has 14 heavy (non-hydrogen) atoms. The van der Waals surface area contributed by atoms with Gasteiger partial charge in [-0.3, -0.25) is 0 Å². The Hall–Kier alpha value is -1.84. The van der Waals surface area contributed by atoms with Gasteiger partial charge in [-0.1, -0.05) is 0 Å². The highest BCUT2D eigenvalue weighted by molar-refractivity contribution is 5.58. The van der Waals surface area contributed by atoms with Crippen LogP contribution in [0.4, 0.5) is 8.78 Å². The number of aromatic nitrogens is 2. The summed E-state index contributed by atoms with van der Waals surface area (Å²) in [5.74, 6) is -1.74. The molecule has 70 valence electrons. The van der Waals surface area contributed by atoms with Crippen molar-refractivity contribution in [2.75, 3.05) is 0 Å². The summed E-state index contributed by atoms with van der Waals surface area (Å²) >= 11 is 0. The summed E-state index contributed by atoms with van der Waals surface area (Å²) in [6.45, 7) is 0. The Morgan fingerprint density at radius 2 is 1.86 bits per heavy atom. The first-order valence-electron chi connectivity index (χ1n) is 4.00. The summed E-state index contributed by atoms with van der Waals surface area (Å²) < 4.78 is 25.4. The molecule has 0 amide bonds. The van der Waals surface area contributed by atoms with Crippen LogP contribution in [0.2, 0.25) is 0 Å². The van der Waals surface area contributed by atoms with E-state index in [-0.39, 0.29) is 0 Å². The van der Waals surface area contributed by atoms with Crippen LogP contribution in [0.3, 0.4) is 0 Å². The van der Waals surface area contributed by atoms with Crippen LogP contribution in [-0.2, 0) is 0 Å². The van der Waals surface area contributed by atoms with E-state index in [1.807, 2.05) is 0 Å². The minimum Gasteiger partial charge on any atom is -0.204 e. The van der Waals surface area contributed by atoms with Gasteiger partial charge in [0, 0.05) is 11.8 Å². The van der Waals surface area contributed by atoms with Crippen LogP contribution in [0.5, 0.6) is 0 Å². The van der Waals surface area contributed by atoms with E-state index < -0.39 is 11.6 Å². The monoisotopic (exact) mass is 192 g/mol. The minimum atomic E-state index is -0.881. The van der Waals surface area contributed by atoms with Crippen LogP contribution < -0.4 is 0 Å². The molecular formula is C10H6F2N2. The molecule has 0 fully saturated rings. The van der Waals surface area contributed by atoms with E-state index in [2.05, 4.69) is 10.2 Å². The summed E-state index contributed by atoms with van der Waals surface area (Å²) in [6.07, 6.45) is 1.52. The zero-order valence-corrected chi connectivity index (χ0v) is 7.11. The molecule has 1 aromatic heterocycles. The van der Waals surface area contributed by atoms with E-state index in [9.17, 15) is 8.78 Å². The fraction of sp³-hybridized carbons (Fsp3) is 0. The zero-order chi connectivity index (χ0) is 9.97. The van der Waals surface area contributed by atoms with Crippen molar-refractivity contribution in [3.05, 3.63) is 48.2 Å². The van der Waals surface area contributed by atoms with Crippen molar-refractivity contribution in [2.45, 2.75) is 0 Å². The van der Waals surface area contributed by atoms with Crippen molar-refractivity contribution in [2.24, 2.45) is 0 Å². The molecule has 0 unspecified atom stereocenters. The number of rotatable bonds is 1. The third-order valence-corrected chi connectivity index (χ3v) is 1.79. The molecule has 2 aromatic rings. The van der Waals surface area contributed by atoms with Crippen molar-refractivity contribution < 1.29 is 8.78 Å². The van der Waals surface area contributed by atoms with Gasteiger partial charge in [0.15, 0.2) is 11.6 Å². The third-order valence-electron chi connectivity index (χ3n) is 1.79. The van der Waals surface area contributed by atoms with Crippen molar-refractivity contribution in [1.29, 1.82) is 0 Å². The maximum Gasteiger partial charge on any atom is 0.159 e. The standard InChI is InChI=1S/C10H6F2N2/c11-8-4-3-7(6-9(8)12)10-2-1-5-13-14-10/h1-6H. The number of benzene rings is 1. The molecule has 1 heterocycles. The van der Waals surface area contributed by atoms with E-state index >= 15 is 0 Å². The third kappa shape index (κ3) is 1.59. The van der Waals surface area contributed by atoms with Crippen molar-refractivity contribution >= 4 is 0 Å². The van der Waals surface area contributed by atoms with Crippen LogP contribution in [0.1, 0.15) is 0 Å². The molecule has 0 spiro atoms. The average molecular weight is 192 g/mol.